The first-order chi connectivity index (χ1) is 11.3. The number of rotatable bonds is 2. The van der Waals surface area contributed by atoms with Crippen molar-refractivity contribution in [2.45, 2.75) is 44.4 Å². The Morgan fingerprint density at radius 3 is 2.09 bits per heavy atom. The largest absolute Gasteiger partial charge is 0.0850 e. The highest BCUT2D eigenvalue weighted by molar-refractivity contribution is 5.44. The van der Waals surface area contributed by atoms with E-state index in [4.69, 9.17) is 0 Å². The minimum absolute atomic E-state index is 0.162. The van der Waals surface area contributed by atoms with Crippen LogP contribution in [0.2, 0.25) is 0 Å². The summed E-state index contributed by atoms with van der Waals surface area (Å²) in [6, 6.07) is 22.6. The zero-order valence-electron chi connectivity index (χ0n) is 14.0. The molecule has 2 unspecified atom stereocenters. The first-order valence-corrected chi connectivity index (χ1v) is 9.10. The molecule has 2 atom stereocenters. The Bertz CT molecular complexity index is 641. The van der Waals surface area contributed by atoms with E-state index in [0.29, 0.717) is 5.92 Å². The number of fused-ring (bicyclic) bond motifs is 1. The van der Waals surface area contributed by atoms with Crippen molar-refractivity contribution in [3.63, 3.8) is 0 Å². The van der Waals surface area contributed by atoms with Gasteiger partial charge in [-0.25, -0.2) is 0 Å². The first kappa shape index (κ1) is 14.8. The molecule has 1 saturated carbocycles. The molecule has 118 valence electrons. The second-order valence-corrected chi connectivity index (χ2v) is 7.47. The van der Waals surface area contributed by atoms with E-state index in [2.05, 4.69) is 73.7 Å². The summed E-state index contributed by atoms with van der Waals surface area (Å²) in [5.41, 5.74) is 4.91. The lowest BCUT2D eigenvalue weighted by atomic mass is 9.62. The first-order valence-electron chi connectivity index (χ1n) is 9.10. The highest BCUT2D eigenvalue weighted by Gasteiger charge is 2.46. The Hall–Kier alpha value is -1.82. The maximum Gasteiger partial charge on any atom is 0.0268 e. The van der Waals surface area contributed by atoms with E-state index in [1.54, 1.807) is 5.57 Å². The van der Waals surface area contributed by atoms with Crippen LogP contribution in [0.15, 0.2) is 72.3 Å². The third kappa shape index (κ3) is 2.45. The number of benzene rings is 2. The van der Waals surface area contributed by atoms with Crippen LogP contribution in [0, 0.1) is 11.8 Å². The molecule has 0 spiro atoms. The van der Waals surface area contributed by atoms with Crippen LogP contribution in [0.3, 0.4) is 0 Å². The Balaban J connectivity index is 1.94. The fourth-order valence-corrected chi connectivity index (χ4v) is 5.10. The molecule has 0 amide bonds. The minimum Gasteiger partial charge on any atom is -0.0850 e. The molecule has 2 aliphatic carbocycles. The van der Waals surface area contributed by atoms with Gasteiger partial charge in [-0.05, 0) is 55.1 Å². The molecule has 0 nitrogen and oxygen atoms in total. The van der Waals surface area contributed by atoms with Gasteiger partial charge >= 0.3 is 0 Å². The van der Waals surface area contributed by atoms with Crippen molar-refractivity contribution < 1.29 is 0 Å². The van der Waals surface area contributed by atoms with E-state index >= 15 is 0 Å². The van der Waals surface area contributed by atoms with Crippen molar-refractivity contribution in [1.82, 2.24) is 0 Å². The SMILES string of the molecule is CC1CC2=CCCCC(c3ccccc3)(c3ccccc3)C2C1. The lowest BCUT2D eigenvalue weighted by molar-refractivity contribution is 0.332. The molecule has 2 aromatic carbocycles. The second-order valence-electron chi connectivity index (χ2n) is 7.47. The molecular formula is C23H26. The van der Waals surface area contributed by atoms with Gasteiger partial charge in [0.1, 0.15) is 0 Å². The molecule has 4 rings (SSSR count). The van der Waals surface area contributed by atoms with Gasteiger partial charge in [-0.1, -0.05) is 79.2 Å². The minimum atomic E-state index is 0.162. The van der Waals surface area contributed by atoms with Crippen molar-refractivity contribution in [1.29, 1.82) is 0 Å². The summed E-state index contributed by atoms with van der Waals surface area (Å²) in [7, 11) is 0. The van der Waals surface area contributed by atoms with Crippen LogP contribution in [0.5, 0.6) is 0 Å². The molecule has 0 N–H and O–H groups in total. The Morgan fingerprint density at radius 2 is 1.48 bits per heavy atom. The molecule has 0 heteroatoms. The fraction of sp³-hybridized carbons (Fsp3) is 0.391. The van der Waals surface area contributed by atoms with Crippen LogP contribution >= 0.6 is 0 Å². The third-order valence-corrected chi connectivity index (χ3v) is 6.02. The average Bonchev–Trinajstić information content (AvgIpc) is 2.89. The molecule has 1 fully saturated rings. The molecule has 23 heavy (non-hydrogen) atoms. The van der Waals surface area contributed by atoms with Gasteiger partial charge in [0.05, 0.1) is 0 Å². The Kier molecular flexibility index (Phi) is 3.85. The second kappa shape index (κ2) is 6.00. The lowest BCUT2D eigenvalue weighted by Crippen LogP contribution is -2.35. The van der Waals surface area contributed by atoms with Crippen LogP contribution in [-0.4, -0.2) is 0 Å². The molecule has 0 radical (unpaired) electrons. The predicted molar refractivity (Wildman–Crippen MR) is 97.5 cm³/mol. The van der Waals surface area contributed by atoms with Gasteiger partial charge in [0.2, 0.25) is 0 Å². The van der Waals surface area contributed by atoms with Crippen molar-refractivity contribution in [3.05, 3.63) is 83.4 Å². The van der Waals surface area contributed by atoms with Crippen LogP contribution in [0.4, 0.5) is 0 Å². The highest BCUT2D eigenvalue weighted by Crippen LogP contribution is 2.54. The van der Waals surface area contributed by atoms with Gasteiger partial charge in [-0.2, -0.15) is 0 Å². The van der Waals surface area contributed by atoms with E-state index in [1.807, 2.05) is 0 Å². The summed E-state index contributed by atoms with van der Waals surface area (Å²) < 4.78 is 0. The Labute approximate surface area is 140 Å². The lowest BCUT2D eigenvalue weighted by Gasteiger charge is -2.41. The quantitative estimate of drug-likeness (QED) is 0.585. The molecule has 0 bridgehead atoms. The zero-order valence-corrected chi connectivity index (χ0v) is 14.0. The monoisotopic (exact) mass is 302 g/mol. The van der Waals surface area contributed by atoms with Crippen LogP contribution in [0.1, 0.15) is 50.2 Å². The van der Waals surface area contributed by atoms with Gasteiger partial charge in [0, 0.05) is 5.41 Å². The maximum atomic E-state index is 2.57. The standard InChI is InChI=1S/C23H26/c1-18-16-19-10-8-9-15-23(22(19)17-18,20-11-4-2-5-12-20)21-13-6-3-7-14-21/h2-7,10-14,18,22H,8-9,15-17H2,1H3. The van der Waals surface area contributed by atoms with Crippen LogP contribution in [0.25, 0.3) is 0 Å². The number of allylic oxidation sites excluding steroid dienone is 2. The molecular weight excluding hydrogens is 276 g/mol. The highest BCUT2D eigenvalue weighted by atomic mass is 14.5. The summed E-state index contributed by atoms with van der Waals surface area (Å²) >= 11 is 0. The normalized spacial score (nSPS) is 26.2. The molecule has 2 aliphatic rings. The topological polar surface area (TPSA) is 0 Å². The van der Waals surface area contributed by atoms with Crippen LogP contribution in [-0.2, 0) is 5.41 Å². The van der Waals surface area contributed by atoms with Crippen molar-refractivity contribution in [2.24, 2.45) is 11.8 Å². The Morgan fingerprint density at radius 1 is 0.870 bits per heavy atom. The van der Waals surface area contributed by atoms with Crippen molar-refractivity contribution in [2.75, 3.05) is 0 Å². The van der Waals surface area contributed by atoms with Gasteiger partial charge in [-0.3, -0.25) is 0 Å². The summed E-state index contributed by atoms with van der Waals surface area (Å²) in [4.78, 5) is 0. The predicted octanol–water partition coefficient (Wildman–Crippen LogP) is 6.13. The maximum absolute atomic E-state index is 2.57. The zero-order chi connectivity index (χ0) is 15.7. The third-order valence-electron chi connectivity index (χ3n) is 6.02. The number of hydrogen-bond acceptors (Lipinski definition) is 0. The summed E-state index contributed by atoms with van der Waals surface area (Å²) in [5, 5.41) is 0. The molecule has 0 saturated heterocycles. The van der Waals surface area contributed by atoms with E-state index in [9.17, 15) is 0 Å². The van der Waals surface area contributed by atoms with E-state index in [-0.39, 0.29) is 5.41 Å². The summed E-state index contributed by atoms with van der Waals surface area (Å²) in [5.74, 6) is 1.49. The average molecular weight is 302 g/mol. The van der Waals surface area contributed by atoms with Gasteiger partial charge in [0.15, 0.2) is 0 Å². The molecule has 2 aromatic rings. The van der Waals surface area contributed by atoms with E-state index in [0.717, 1.165) is 5.92 Å². The van der Waals surface area contributed by atoms with Gasteiger partial charge in [0.25, 0.3) is 0 Å². The molecule has 0 aromatic heterocycles. The smallest absolute Gasteiger partial charge is 0.0268 e. The summed E-state index contributed by atoms with van der Waals surface area (Å²) in [6.45, 7) is 2.43. The van der Waals surface area contributed by atoms with E-state index < -0.39 is 0 Å². The summed E-state index contributed by atoms with van der Waals surface area (Å²) in [6.07, 6.45) is 9.00. The van der Waals surface area contributed by atoms with Crippen LogP contribution < -0.4 is 0 Å². The van der Waals surface area contributed by atoms with E-state index in [1.165, 1.54) is 43.2 Å². The van der Waals surface area contributed by atoms with Gasteiger partial charge in [-0.15, -0.1) is 0 Å². The molecule has 0 heterocycles. The van der Waals surface area contributed by atoms with Crippen molar-refractivity contribution in [3.8, 4) is 0 Å². The van der Waals surface area contributed by atoms with Gasteiger partial charge < -0.3 is 0 Å². The van der Waals surface area contributed by atoms with Crippen molar-refractivity contribution >= 4 is 0 Å². The fourth-order valence-electron chi connectivity index (χ4n) is 5.10. The number of hydrogen-bond donors (Lipinski definition) is 0. The molecule has 0 aliphatic heterocycles.